The molecule has 1 N–H and O–H groups in total. The van der Waals surface area contributed by atoms with Crippen LogP contribution in [-0.2, 0) is 13.0 Å². The van der Waals surface area contributed by atoms with Crippen LogP contribution in [0.25, 0.3) is 0 Å². The molecule has 2 aromatic rings. The van der Waals surface area contributed by atoms with E-state index < -0.39 is 0 Å². The maximum Gasteiger partial charge on any atom is 0.137 e. The molecule has 0 aromatic carbocycles. The predicted molar refractivity (Wildman–Crippen MR) is 85.6 cm³/mol. The summed E-state index contributed by atoms with van der Waals surface area (Å²) >= 11 is 0. The van der Waals surface area contributed by atoms with Crippen molar-refractivity contribution in [2.45, 2.75) is 40.2 Å². The Labute approximate surface area is 126 Å². The Morgan fingerprint density at radius 3 is 2.71 bits per heavy atom. The molecule has 21 heavy (non-hydrogen) atoms. The summed E-state index contributed by atoms with van der Waals surface area (Å²) in [6, 6.07) is 3.91. The Hall–Kier alpha value is -2.04. The summed E-state index contributed by atoms with van der Waals surface area (Å²) in [7, 11) is 0. The summed E-state index contributed by atoms with van der Waals surface area (Å²) in [6.07, 6.45) is 5.32. The van der Waals surface area contributed by atoms with Gasteiger partial charge in [-0.3, -0.25) is 0 Å². The molecular weight excluding hydrogens is 264 g/mol. The van der Waals surface area contributed by atoms with Crippen molar-refractivity contribution in [1.29, 1.82) is 0 Å². The van der Waals surface area contributed by atoms with Crippen molar-refractivity contribution < 1.29 is 4.42 Å². The average molecular weight is 288 g/mol. The number of hydrogen-bond acceptors (Lipinski definition) is 5. The van der Waals surface area contributed by atoms with Crippen molar-refractivity contribution in [2.75, 3.05) is 23.3 Å². The number of hydrogen-bond donors (Lipinski definition) is 1. The Morgan fingerprint density at radius 2 is 2.10 bits per heavy atom. The molecule has 0 fully saturated rings. The van der Waals surface area contributed by atoms with Crippen molar-refractivity contribution in [1.82, 2.24) is 9.97 Å². The van der Waals surface area contributed by atoms with Gasteiger partial charge >= 0.3 is 0 Å². The highest BCUT2D eigenvalue weighted by Gasteiger charge is 2.16. The van der Waals surface area contributed by atoms with Gasteiger partial charge in [0, 0.05) is 18.7 Å². The van der Waals surface area contributed by atoms with Crippen LogP contribution in [0.2, 0.25) is 0 Å². The molecule has 0 bridgehead atoms. The van der Waals surface area contributed by atoms with E-state index in [1.54, 1.807) is 12.6 Å². The number of aromatic nitrogens is 2. The van der Waals surface area contributed by atoms with E-state index in [-0.39, 0.29) is 0 Å². The lowest BCUT2D eigenvalue weighted by atomic mass is 10.2. The van der Waals surface area contributed by atoms with E-state index in [2.05, 4.69) is 41.0 Å². The maximum absolute atomic E-state index is 5.46. The van der Waals surface area contributed by atoms with Crippen LogP contribution in [0.3, 0.4) is 0 Å². The molecular formula is C16H24N4O. The van der Waals surface area contributed by atoms with Gasteiger partial charge in [0.15, 0.2) is 0 Å². The van der Waals surface area contributed by atoms with Crippen molar-refractivity contribution in [3.8, 4) is 0 Å². The molecule has 0 saturated carbocycles. The van der Waals surface area contributed by atoms with E-state index in [0.29, 0.717) is 0 Å². The molecule has 114 valence electrons. The fraction of sp³-hybridized carbons (Fsp3) is 0.500. The Morgan fingerprint density at radius 1 is 1.24 bits per heavy atom. The number of furan rings is 1. The Kier molecular flexibility index (Phi) is 5.60. The lowest BCUT2D eigenvalue weighted by Crippen LogP contribution is -2.25. The molecule has 0 unspecified atom stereocenters. The quantitative estimate of drug-likeness (QED) is 0.806. The summed E-state index contributed by atoms with van der Waals surface area (Å²) in [5.41, 5.74) is 1.17. The van der Waals surface area contributed by atoms with E-state index in [1.807, 2.05) is 12.1 Å². The van der Waals surface area contributed by atoms with Gasteiger partial charge in [-0.15, -0.1) is 0 Å². The first-order valence-corrected chi connectivity index (χ1v) is 7.65. The van der Waals surface area contributed by atoms with Crippen LogP contribution >= 0.6 is 0 Å². The zero-order valence-corrected chi connectivity index (χ0v) is 13.1. The molecule has 0 aliphatic rings. The third-order valence-corrected chi connectivity index (χ3v) is 3.43. The maximum atomic E-state index is 5.46. The van der Waals surface area contributed by atoms with Gasteiger partial charge in [-0.25, -0.2) is 9.97 Å². The lowest BCUT2D eigenvalue weighted by Gasteiger charge is -2.24. The van der Waals surface area contributed by atoms with Crippen molar-refractivity contribution >= 4 is 11.6 Å². The van der Waals surface area contributed by atoms with Crippen molar-refractivity contribution in [3.63, 3.8) is 0 Å². The summed E-state index contributed by atoms with van der Waals surface area (Å²) in [5, 5.41) is 3.39. The third kappa shape index (κ3) is 3.74. The van der Waals surface area contributed by atoms with Crippen molar-refractivity contribution in [2.24, 2.45) is 0 Å². The highest BCUT2D eigenvalue weighted by Crippen LogP contribution is 2.25. The highest BCUT2D eigenvalue weighted by atomic mass is 16.3. The number of nitrogens with one attached hydrogen (secondary N) is 1. The van der Waals surface area contributed by atoms with Gasteiger partial charge < -0.3 is 14.6 Å². The predicted octanol–water partition coefficient (Wildman–Crippen LogP) is 3.48. The minimum absolute atomic E-state index is 0.723. The largest absolute Gasteiger partial charge is 0.467 e. The molecule has 2 rings (SSSR count). The fourth-order valence-electron chi connectivity index (χ4n) is 2.32. The van der Waals surface area contributed by atoms with Crippen LogP contribution in [0.15, 0.2) is 29.1 Å². The van der Waals surface area contributed by atoms with Gasteiger partial charge in [-0.2, -0.15) is 0 Å². The molecule has 0 saturated heterocycles. The van der Waals surface area contributed by atoms with E-state index >= 15 is 0 Å². The standard InChI is InChI=1S/C16H24N4O/c1-4-9-17-15-14(5-2)16(19-12-18-15)20(6-3)11-13-8-7-10-21-13/h7-8,10,12H,4-6,9,11H2,1-3H3,(H,17,18,19). The third-order valence-electron chi connectivity index (χ3n) is 3.43. The minimum Gasteiger partial charge on any atom is -0.467 e. The van der Waals surface area contributed by atoms with E-state index in [9.17, 15) is 0 Å². The first-order chi connectivity index (χ1) is 10.3. The molecule has 0 aliphatic heterocycles. The Balaban J connectivity index is 2.27. The molecule has 2 heterocycles. The summed E-state index contributed by atoms with van der Waals surface area (Å²) < 4.78 is 5.46. The minimum atomic E-state index is 0.723. The van der Waals surface area contributed by atoms with Crippen LogP contribution < -0.4 is 10.2 Å². The van der Waals surface area contributed by atoms with Gasteiger partial charge in [-0.1, -0.05) is 13.8 Å². The zero-order chi connectivity index (χ0) is 15.1. The number of nitrogens with zero attached hydrogens (tertiary/aromatic N) is 3. The molecule has 0 atom stereocenters. The van der Waals surface area contributed by atoms with E-state index in [1.165, 1.54) is 5.56 Å². The molecule has 2 aromatic heterocycles. The molecule has 5 heteroatoms. The van der Waals surface area contributed by atoms with Gasteiger partial charge in [0.1, 0.15) is 23.7 Å². The van der Waals surface area contributed by atoms with Gasteiger partial charge in [0.05, 0.1) is 12.8 Å². The number of rotatable bonds is 8. The summed E-state index contributed by atoms with van der Waals surface area (Å²) in [4.78, 5) is 11.1. The molecule has 0 spiro atoms. The zero-order valence-electron chi connectivity index (χ0n) is 13.1. The smallest absolute Gasteiger partial charge is 0.137 e. The second kappa shape index (κ2) is 7.67. The van der Waals surface area contributed by atoms with E-state index in [0.717, 1.165) is 49.9 Å². The molecule has 5 nitrogen and oxygen atoms in total. The second-order valence-electron chi connectivity index (χ2n) is 4.90. The van der Waals surface area contributed by atoms with Gasteiger partial charge in [0.25, 0.3) is 0 Å². The topological polar surface area (TPSA) is 54.2 Å². The van der Waals surface area contributed by atoms with Crippen molar-refractivity contribution in [3.05, 3.63) is 36.0 Å². The highest BCUT2D eigenvalue weighted by molar-refractivity contribution is 5.58. The van der Waals surface area contributed by atoms with Gasteiger partial charge in [-0.05, 0) is 31.9 Å². The van der Waals surface area contributed by atoms with E-state index in [4.69, 9.17) is 4.42 Å². The molecule has 0 amide bonds. The summed E-state index contributed by atoms with van der Waals surface area (Å²) in [5.74, 6) is 2.88. The van der Waals surface area contributed by atoms with Crippen LogP contribution in [0, 0.1) is 0 Å². The number of anilines is 2. The normalized spacial score (nSPS) is 10.6. The van der Waals surface area contributed by atoms with Crippen LogP contribution in [-0.4, -0.2) is 23.1 Å². The monoisotopic (exact) mass is 288 g/mol. The van der Waals surface area contributed by atoms with Gasteiger partial charge in [0.2, 0.25) is 0 Å². The summed E-state index contributed by atoms with van der Waals surface area (Å²) in [6.45, 7) is 8.94. The molecule has 0 radical (unpaired) electrons. The fourth-order valence-corrected chi connectivity index (χ4v) is 2.32. The first-order valence-electron chi connectivity index (χ1n) is 7.65. The van der Waals surface area contributed by atoms with Crippen LogP contribution in [0.1, 0.15) is 38.5 Å². The lowest BCUT2D eigenvalue weighted by molar-refractivity contribution is 0.502. The Bertz CT molecular complexity index is 539. The van der Waals surface area contributed by atoms with Crippen LogP contribution in [0.4, 0.5) is 11.6 Å². The van der Waals surface area contributed by atoms with Crippen LogP contribution in [0.5, 0.6) is 0 Å². The molecule has 0 aliphatic carbocycles. The second-order valence-corrected chi connectivity index (χ2v) is 4.90. The first kappa shape index (κ1) is 15.4. The average Bonchev–Trinajstić information content (AvgIpc) is 3.03. The SMILES string of the molecule is CCCNc1ncnc(N(CC)Cc2ccco2)c1CC.